The van der Waals surface area contributed by atoms with Gasteiger partial charge < -0.3 is 10.6 Å². The molecule has 2 aliphatic carbocycles. The number of nitrogens with one attached hydrogen (secondary N) is 2. The first-order chi connectivity index (χ1) is 23.3. The van der Waals surface area contributed by atoms with E-state index in [1.165, 1.54) is 0 Å². The number of aryl methyl sites for hydroxylation is 4. The minimum atomic E-state index is -3.72. The minimum absolute atomic E-state index is 0.0947. The van der Waals surface area contributed by atoms with E-state index >= 15 is 0 Å². The summed E-state index contributed by atoms with van der Waals surface area (Å²) < 4.78 is 20.3. The number of ketones is 2. The van der Waals surface area contributed by atoms with Gasteiger partial charge in [-0.15, -0.1) is 0 Å². The quantitative estimate of drug-likeness (QED) is 0.180. The summed E-state index contributed by atoms with van der Waals surface area (Å²) in [4.78, 5) is 50.2. The molecule has 2 spiro atoms. The molecule has 0 aromatic heterocycles. The summed E-state index contributed by atoms with van der Waals surface area (Å²) in [5, 5.41) is 6.03. The van der Waals surface area contributed by atoms with Gasteiger partial charge in [0.25, 0.3) is 5.91 Å². The molecular weight excluding hydrogens is 855 g/mol. The lowest BCUT2D eigenvalue weighted by Gasteiger charge is -2.32. The first kappa shape index (κ1) is 41.3. The van der Waals surface area contributed by atoms with Crippen molar-refractivity contribution < 1.29 is 27.6 Å². The molecule has 2 unspecified atom stereocenters. The first-order valence-electron chi connectivity index (χ1n) is 17.0. The van der Waals surface area contributed by atoms with Crippen molar-refractivity contribution in [3.8, 4) is 0 Å². The van der Waals surface area contributed by atoms with E-state index in [1.807, 2.05) is 45.0 Å². The molecule has 2 saturated heterocycles. The van der Waals surface area contributed by atoms with Gasteiger partial charge in [-0.1, -0.05) is 95.8 Å². The molecule has 4 fully saturated rings. The Balaban J connectivity index is 0.000000198. The lowest BCUT2D eigenvalue weighted by Crippen LogP contribution is -2.48. The van der Waals surface area contributed by atoms with Crippen LogP contribution in [0.25, 0.3) is 0 Å². The first-order valence-corrected chi connectivity index (χ1v) is 22.1. The summed E-state index contributed by atoms with van der Waals surface area (Å²) in [5.41, 5.74) is 4.18. The second kappa shape index (κ2) is 16.3. The van der Waals surface area contributed by atoms with E-state index in [9.17, 15) is 19.2 Å². The highest BCUT2D eigenvalue weighted by atomic mass is 79.9. The van der Waals surface area contributed by atoms with Crippen molar-refractivity contribution in [2.75, 3.05) is 0 Å². The number of alkyl halides is 1. The fourth-order valence-electron chi connectivity index (χ4n) is 8.19. The summed E-state index contributed by atoms with van der Waals surface area (Å²) in [7, 11) is 4.81. The fraction of sp³-hybridized carbons (Fsp3) is 0.556. The highest BCUT2D eigenvalue weighted by molar-refractivity contribution is 9.10. The van der Waals surface area contributed by atoms with Crippen LogP contribution in [0.15, 0.2) is 33.2 Å². The lowest BCUT2D eigenvalue weighted by molar-refractivity contribution is -0.128. The Labute approximate surface area is 325 Å². The summed E-state index contributed by atoms with van der Waals surface area (Å²) in [6, 6.07) is 7.92. The average molecular weight is 898 g/mol. The SMILES string of the molecule is CCc1cc(Br)cc(C)c1C1(Cl)C(=O)NC2(CCCCC2)C1=O.CCc1cc(Br)cc(C)c1C1C(=O)NC2(CCCCC2)C1=O.O=S(=O)(Cl)Cl. The molecule has 2 aromatic rings. The van der Waals surface area contributed by atoms with Crippen molar-refractivity contribution in [3.63, 3.8) is 0 Å². The maximum absolute atomic E-state index is 13.3. The zero-order chi connectivity index (χ0) is 37.2. The topological polar surface area (TPSA) is 126 Å². The molecule has 274 valence electrons. The zero-order valence-corrected chi connectivity index (χ0v) is 34.9. The number of rotatable bonds is 4. The van der Waals surface area contributed by atoms with Gasteiger partial charge in [-0.25, -0.2) is 0 Å². The van der Waals surface area contributed by atoms with Crippen LogP contribution in [-0.4, -0.2) is 42.9 Å². The van der Waals surface area contributed by atoms with Gasteiger partial charge in [0, 0.05) is 30.3 Å². The second-order valence-electron chi connectivity index (χ2n) is 13.7. The predicted octanol–water partition coefficient (Wildman–Crippen LogP) is 8.67. The van der Waals surface area contributed by atoms with Crippen LogP contribution in [0.2, 0.25) is 0 Å². The van der Waals surface area contributed by atoms with Crippen LogP contribution in [0.5, 0.6) is 0 Å². The molecule has 2 atom stereocenters. The van der Waals surface area contributed by atoms with Crippen LogP contribution in [0, 0.1) is 13.8 Å². The standard InChI is InChI=1S/C18H21BrClNO2.C18H22BrNO2.Cl2O2S/c1-3-12-10-13(19)9-11(2)14(12)18(20)15(22)17(21-16(18)23)7-5-4-6-8-17;1-3-12-10-13(19)9-11(2)14(12)15-16(21)18(20-17(15)22)7-5-4-6-8-18;1-5(2,3)4/h9-10H,3-8H2,1-2H3,(H,21,23);9-10,15H,3-8H2,1-2H3,(H,20,22);. The van der Waals surface area contributed by atoms with Crippen molar-refractivity contribution in [3.05, 3.63) is 66.6 Å². The number of hydrogen-bond acceptors (Lipinski definition) is 6. The molecular formula is C36H43Br2Cl3N2O6S. The highest BCUT2D eigenvalue weighted by Crippen LogP contribution is 2.48. The molecule has 0 bridgehead atoms. The molecule has 8 nitrogen and oxygen atoms in total. The Hall–Kier alpha value is -1.50. The Kier molecular flexibility index (Phi) is 13.4. The summed E-state index contributed by atoms with van der Waals surface area (Å²) in [5.74, 6) is -1.15. The maximum atomic E-state index is 13.3. The van der Waals surface area contributed by atoms with Crippen molar-refractivity contribution in [2.24, 2.45) is 0 Å². The van der Waals surface area contributed by atoms with Crippen molar-refractivity contribution in [1.82, 2.24) is 10.6 Å². The molecule has 2 aromatic carbocycles. The molecule has 0 radical (unpaired) electrons. The molecule has 2 saturated carbocycles. The summed E-state index contributed by atoms with van der Waals surface area (Å²) >= 11 is 13.8. The lowest BCUT2D eigenvalue weighted by atomic mass is 9.75. The van der Waals surface area contributed by atoms with Crippen LogP contribution in [-0.2, 0) is 45.2 Å². The van der Waals surface area contributed by atoms with E-state index < -0.39 is 30.1 Å². The van der Waals surface area contributed by atoms with Crippen LogP contribution in [0.1, 0.15) is 117 Å². The van der Waals surface area contributed by atoms with Crippen LogP contribution >= 0.6 is 64.8 Å². The van der Waals surface area contributed by atoms with E-state index in [-0.39, 0.29) is 23.4 Å². The summed E-state index contributed by atoms with van der Waals surface area (Å²) in [6.45, 7) is 7.98. The highest BCUT2D eigenvalue weighted by Gasteiger charge is 2.63. The Morgan fingerprint density at radius 3 is 1.70 bits per heavy atom. The minimum Gasteiger partial charge on any atom is -0.343 e. The largest absolute Gasteiger partial charge is 0.343 e. The van der Waals surface area contributed by atoms with Gasteiger partial charge in [-0.05, 0) is 110 Å². The Bertz CT molecular complexity index is 1780. The normalized spacial score (nSPS) is 23.9. The third kappa shape index (κ3) is 8.49. The summed E-state index contributed by atoms with van der Waals surface area (Å²) in [6.07, 6.45) is 10.8. The number of Topliss-reactive ketones (excluding diaryl/α,β-unsaturated/α-hetero) is 2. The van der Waals surface area contributed by atoms with E-state index in [1.54, 1.807) is 0 Å². The van der Waals surface area contributed by atoms with Crippen molar-refractivity contribution >= 4 is 96.5 Å². The Morgan fingerprint density at radius 1 is 0.740 bits per heavy atom. The maximum Gasteiger partial charge on any atom is 0.317 e. The third-order valence-electron chi connectivity index (χ3n) is 10.4. The van der Waals surface area contributed by atoms with Gasteiger partial charge in [-0.3, -0.25) is 19.2 Å². The van der Waals surface area contributed by atoms with Gasteiger partial charge in [0.2, 0.25) is 10.8 Å². The average Bonchev–Trinajstić information content (AvgIpc) is 3.37. The molecule has 2 N–H and O–H groups in total. The van der Waals surface area contributed by atoms with Gasteiger partial charge in [0.15, 0.2) is 11.6 Å². The molecule has 6 rings (SSSR count). The van der Waals surface area contributed by atoms with Gasteiger partial charge >= 0.3 is 8.26 Å². The van der Waals surface area contributed by atoms with E-state index in [0.29, 0.717) is 18.4 Å². The van der Waals surface area contributed by atoms with Crippen LogP contribution in [0.4, 0.5) is 0 Å². The van der Waals surface area contributed by atoms with E-state index in [2.05, 4.69) is 70.8 Å². The van der Waals surface area contributed by atoms with Crippen molar-refractivity contribution in [1.29, 1.82) is 0 Å². The zero-order valence-electron chi connectivity index (χ0n) is 28.6. The van der Waals surface area contributed by atoms with Crippen molar-refractivity contribution in [2.45, 2.75) is 127 Å². The predicted molar refractivity (Wildman–Crippen MR) is 205 cm³/mol. The molecule has 2 heterocycles. The number of benzene rings is 2. The number of carbonyl (C=O) groups excluding carboxylic acids is 4. The monoisotopic (exact) mass is 894 g/mol. The number of carbonyl (C=O) groups is 4. The number of hydrogen-bond donors (Lipinski definition) is 2. The van der Waals surface area contributed by atoms with Gasteiger partial charge in [-0.2, -0.15) is 8.42 Å². The van der Waals surface area contributed by atoms with Crippen LogP contribution < -0.4 is 10.6 Å². The molecule has 50 heavy (non-hydrogen) atoms. The number of amides is 2. The Morgan fingerprint density at radius 2 is 1.20 bits per heavy atom. The van der Waals surface area contributed by atoms with Gasteiger partial charge in [0.05, 0.1) is 5.54 Å². The van der Waals surface area contributed by atoms with Gasteiger partial charge in [0.1, 0.15) is 11.5 Å². The number of halogens is 5. The van der Waals surface area contributed by atoms with E-state index in [4.69, 9.17) is 20.0 Å². The van der Waals surface area contributed by atoms with Crippen LogP contribution in [0.3, 0.4) is 0 Å². The molecule has 14 heteroatoms. The fourth-order valence-corrected chi connectivity index (χ4v) is 9.93. The third-order valence-corrected chi connectivity index (χ3v) is 11.8. The van der Waals surface area contributed by atoms with E-state index in [0.717, 1.165) is 101 Å². The smallest absolute Gasteiger partial charge is 0.317 e. The molecule has 2 aliphatic heterocycles. The molecule has 2 amide bonds. The molecule has 4 aliphatic rings. The second-order valence-corrected chi connectivity index (χ2v) is 19.7.